The summed E-state index contributed by atoms with van der Waals surface area (Å²) in [4.78, 5) is 16.5. The number of benzene rings is 1. The molecule has 144 valence electrons. The summed E-state index contributed by atoms with van der Waals surface area (Å²) in [5, 5.41) is 4.34. The Morgan fingerprint density at radius 3 is 2.74 bits per heavy atom. The van der Waals surface area contributed by atoms with E-state index in [0.717, 1.165) is 38.3 Å². The van der Waals surface area contributed by atoms with Crippen LogP contribution in [0.1, 0.15) is 18.1 Å². The van der Waals surface area contributed by atoms with Crippen LogP contribution in [0.2, 0.25) is 0 Å². The number of hydrogen-bond acceptors (Lipinski definition) is 5. The average Bonchev–Trinajstić information content (AvgIpc) is 3.36. The second-order valence-corrected chi connectivity index (χ2v) is 7.18. The van der Waals surface area contributed by atoms with E-state index in [0.29, 0.717) is 6.54 Å². The number of carbonyl (C=O) groups is 1. The maximum Gasteiger partial charge on any atom is 0.410 e. The van der Waals surface area contributed by atoms with Gasteiger partial charge in [0.05, 0.1) is 19.3 Å². The van der Waals surface area contributed by atoms with Gasteiger partial charge in [0.25, 0.3) is 0 Å². The highest BCUT2D eigenvalue weighted by Gasteiger charge is 2.47. The topological polar surface area (TPSA) is 59.8 Å². The Balaban J connectivity index is 1.34. The molecule has 0 N–H and O–H groups in total. The van der Waals surface area contributed by atoms with Gasteiger partial charge < -0.3 is 9.47 Å². The number of amides is 1. The summed E-state index contributed by atoms with van der Waals surface area (Å²) in [6.45, 7) is 6.10. The predicted molar refractivity (Wildman–Crippen MR) is 101 cm³/mol. The first-order chi connectivity index (χ1) is 13.2. The molecule has 2 aliphatic rings. The van der Waals surface area contributed by atoms with Crippen LogP contribution in [0.25, 0.3) is 0 Å². The third-order valence-electron chi connectivity index (χ3n) is 5.42. The largest absolute Gasteiger partial charge is 0.497 e. The van der Waals surface area contributed by atoms with Gasteiger partial charge >= 0.3 is 6.09 Å². The van der Waals surface area contributed by atoms with Gasteiger partial charge in [-0.15, -0.1) is 0 Å². The molecule has 3 heterocycles. The smallest absolute Gasteiger partial charge is 0.410 e. The van der Waals surface area contributed by atoms with Crippen molar-refractivity contribution in [2.45, 2.75) is 38.6 Å². The lowest BCUT2D eigenvalue weighted by molar-refractivity contribution is 0.120. The van der Waals surface area contributed by atoms with Crippen molar-refractivity contribution in [3.63, 3.8) is 0 Å². The molecule has 0 bridgehead atoms. The third-order valence-corrected chi connectivity index (χ3v) is 5.42. The van der Waals surface area contributed by atoms with Crippen molar-refractivity contribution in [1.29, 1.82) is 0 Å². The summed E-state index contributed by atoms with van der Waals surface area (Å²) in [5.41, 5.74) is 2.39. The molecule has 4 rings (SSSR count). The lowest BCUT2D eigenvalue weighted by Crippen LogP contribution is -2.39. The zero-order chi connectivity index (χ0) is 18.8. The van der Waals surface area contributed by atoms with Crippen LogP contribution in [0.3, 0.4) is 0 Å². The van der Waals surface area contributed by atoms with Crippen LogP contribution < -0.4 is 4.74 Å². The van der Waals surface area contributed by atoms with Crippen LogP contribution in [0.5, 0.6) is 5.75 Å². The molecule has 2 fully saturated rings. The predicted octanol–water partition coefficient (Wildman–Crippen LogP) is 2.16. The molecule has 1 amide bonds. The van der Waals surface area contributed by atoms with Crippen LogP contribution in [-0.2, 0) is 24.2 Å². The van der Waals surface area contributed by atoms with Gasteiger partial charge in [-0.1, -0.05) is 12.1 Å². The molecule has 7 heteroatoms. The molecule has 0 aliphatic carbocycles. The molecule has 27 heavy (non-hydrogen) atoms. The zero-order valence-corrected chi connectivity index (χ0v) is 15.9. The molecule has 1 aromatic carbocycles. The lowest BCUT2D eigenvalue weighted by Gasteiger charge is -2.22. The van der Waals surface area contributed by atoms with Gasteiger partial charge in [-0.3, -0.25) is 14.5 Å². The van der Waals surface area contributed by atoms with Crippen LogP contribution in [0.15, 0.2) is 36.7 Å². The first-order valence-corrected chi connectivity index (χ1v) is 9.50. The second kappa shape index (κ2) is 7.60. The monoisotopic (exact) mass is 370 g/mol. The highest BCUT2D eigenvalue weighted by molar-refractivity contribution is 5.71. The molecule has 2 saturated heterocycles. The number of aromatic nitrogens is 2. The van der Waals surface area contributed by atoms with Crippen molar-refractivity contribution in [3.05, 3.63) is 47.8 Å². The highest BCUT2D eigenvalue weighted by Crippen LogP contribution is 2.28. The van der Waals surface area contributed by atoms with Crippen molar-refractivity contribution >= 4 is 6.09 Å². The number of likely N-dealkylation sites (tertiary alicyclic amines) is 1. The Morgan fingerprint density at radius 1 is 1.22 bits per heavy atom. The zero-order valence-electron chi connectivity index (χ0n) is 15.9. The molecule has 0 spiro atoms. The average molecular weight is 370 g/mol. The van der Waals surface area contributed by atoms with E-state index in [-0.39, 0.29) is 18.2 Å². The molecular weight excluding hydrogens is 344 g/mol. The summed E-state index contributed by atoms with van der Waals surface area (Å²) in [7, 11) is 1.66. The number of nitrogens with zero attached hydrogens (tertiary/aromatic N) is 4. The van der Waals surface area contributed by atoms with Crippen molar-refractivity contribution in [2.75, 3.05) is 26.7 Å². The van der Waals surface area contributed by atoms with Gasteiger partial charge in [0.1, 0.15) is 11.9 Å². The Bertz CT molecular complexity index is 789. The fourth-order valence-corrected chi connectivity index (χ4v) is 3.93. The molecule has 1 aromatic heterocycles. The summed E-state index contributed by atoms with van der Waals surface area (Å²) < 4.78 is 12.8. The Morgan fingerprint density at radius 2 is 2.04 bits per heavy atom. The van der Waals surface area contributed by atoms with Crippen LogP contribution in [0.4, 0.5) is 4.79 Å². The van der Waals surface area contributed by atoms with Crippen molar-refractivity contribution in [1.82, 2.24) is 19.6 Å². The molecule has 2 atom stereocenters. The fourth-order valence-electron chi connectivity index (χ4n) is 3.93. The van der Waals surface area contributed by atoms with Crippen molar-refractivity contribution < 1.29 is 14.3 Å². The first kappa shape index (κ1) is 17.9. The quantitative estimate of drug-likeness (QED) is 0.748. The minimum Gasteiger partial charge on any atom is -0.497 e. The number of rotatable bonds is 7. The minimum absolute atomic E-state index is 0.0328. The van der Waals surface area contributed by atoms with Gasteiger partial charge in [0, 0.05) is 44.5 Å². The van der Waals surface area contributed by atoms with E-state index in [2.05, 4.69) is 23.1 Å². The van der Waals surface area contributed by atoms with E-state index in [4.69, 9.17) is 9.47 Å². The molecule has 2 aliphatic heterocycles. The standard InChI is InChI=1S/C20H26N4O3/c1-3-23-12-16(10-21-23)11-22-13-18-19(14-22)27-20(25)24(18)9-8-15-4-6-17(26-2)7-5-15/h4-7,10,12,18-19H,3,8-9,11,13-14H2,1-2H3/t18-,19+/m0/s1. The number of fused-ring (bicyclic) bond motifs is 1. The number of carbonyl (C=O) groups excluding carboxylic acids is 1. The molecule has 0 radical (unpaired) electrons. The first-order valence-electron chi connectivity index (χ1n) is 9.50. The Kier molecular flexibility index (Phi) is 5.03. The summed E-state index contributed by atoms with van der Waals surface area (Å²) in [5.74, 6) is 0.845. The fraction of sp³-hybridized carbons (Fsp3) is 0.500. The summed E-state index contributed by atoms with van der Waals surface area (Å²) in [6, 6.07) is 8.13. The maximum absolute atomic E-state index is 12.3. The van der Waals surface area contributed by atoms with E-state index in [1.807, 2.05) is 40.0 Å². The molecule has 0 unspecified atom stereocenters. The van der Waals surface area contributed by atoms with Crippen molar-refractivity contribution in [3.8, 4) is 5.75 Å². The minimum atomic E-state index is -0.183. The second-order valence-electron chi connectivity index (χ2n) is 7.18. The van der Waals surface area contributed by atoms with Gasteiger partial charge in [-0.2, -0.15) is 5.10 Å². The number of ether oxygens (including phenoxy) is 2. The van der Waals surface area contributed by atoms with Gasteiger partial charge in [0.2, 0.25) is 0 Å². The Hall–Kier alpha value is -2.54. The van der Waals surface area contributed by atoms with E-state index in [1.54, 1.807) is 7.11 Å². The third kappa shape index (κ3) is 3.78. The van der Waals surface area contributed by atoms with Gasteiger partial charge in [-0.25, -0.2) is 4.79 Å². The molecule has 2 aromatic rings. The van der Waals surface area contributed by atoms with Gasteiger partial charge in [-0.05, 0) is 31.0 Å². The highest BCUT2D eigenvalue weighted by atomic mass is 16.6. The number of aryl methyl sites for hydroxylation is 1. The van der Waals surface area contributed by atoms with Crippen molar-refractivity contribution in [2.24, 2.45) is 0 Å². The van der Waals surface area contributed by atoms with Crippen LogP contribution >= 0.6 is 0 Å². The molecular formula is C20H26N4O3. The molecule has 0 saturated carbocycles. The van der Waals surface area contributed by atoms with E-state index in [1.165, 1.54) is 11.1 Å². The van der Waals surface area contributed by atoms with E-state index < -0.39 is 0 Å². The summed E-state index contributed by atoms with van der Waals surface area (Å²) in [6.07, 6.45) is 4.60. The summed E-state index contributed by atoms with van der Waals surface area (Å²) >= 11 is 0. The normalized spacial score (nSPS) is 22.1. The van der Waals surface area contributed by atoms with E-state index >= 15 is 0 Å². The van der Waals surface area contributed by atoms with Crippen LogP contribution in [0, 0.1) is 0 Å². The Labute approximate surface area is 159 Å². The SMILES string of the molecule is CCn1cc(CN2C[C@H]3OC(=O)N(CCc4ccc(OC)cc4)[C@H]3C2)cn1. The molecule has 7 nitrogen and oxygen atoms in total. The van der Waals surface area contributed by atoms with E-state index in [9.17, 15) is 4.79 Å². The van der Waals surface area contributed by atoms with Crippen LogP contribution in [-0.4, -0.2) is 64.6 Å². The number of methoxy groups -OCH3 is 1. The number of hydrogen-bond donors (Lipinski definition) is 0. The maximum atomic E-state index is 12.3. The van der Waals surface area contributed by atoms with Gasteiger partial charge in [0.15, 0.2) is 0 Å². The lowest BCUT2D eigenvalue weighted by atomic mass is 10.1.